The molecule has 0 bridgehead atoms. The number of hydrogen-bond donors (Lipinski definition) is 0. The Bertz CT molecular complexity index is 620. The van der Waals surface area contributed by atoms with Crippen molar-refractivity contribution in [3.8, 4) is 0 Å². The smallest absolute Gasteiger partial charge is 0.258 e. The van der Waals surface area contributed by atoms with Gasteiger partial charge in [0.2, 0.25) is 0 Å². The Morgan fingerprint density at radius 1 is 0.800 bits per heavy atom. The van der Waals surface area contributed by atoms with Crippen molar-refractivity contribution in [1.82, 2.24) is 0 Å². The largest absolute Gasteiger partial charge is 0.289 e. The molecule has 0 aliphatic carbocycles. The summed E-state index contributed by atoms with van der Waals surface area (Å²) in [5.41, 5.74) is -0.0309. The molecule has 2 aromatic rings. The van der Waals surface area contributed by atoms with Gasteiger partial charge in [0, 0.05) is 18.2 Å². The number of nitro groups is 2. The lowest BCUT2D eigenvalue weighted by molar-refractivity contribution is -0.385. The molecule has 0 amide bonds. The van der Waals surface area contributed by atoms with E-state index in [0.29, 0.717) is 0 Å². The fraction of sp³-hybridized carbons (Fsp3) is 0. The average Bonchev–Trinajstić information content (AvgIpc) is 2.43. The molecule has 0 unspecified atom stereocenters. The van der Waals surface area contributed by atoms with Gasteiger partial charge in [0.1, 0.15) is 5.02 Å². The highest BCUT2D eigenvalue weighted by atomic mass is 35.5. The highest BCUT2D eigenvalue weighted by molar-refractivity contribution is 6.43. The van der Waals surface area contributed by atoms with Crippen molar-refractivity contribution < 1.29 is 9.85 Å². The van der Waals surface area contributed by atoms with Crippen LogP contribution < -0.4 is 0 Å². The highest BCUT2D eigenvalue weighted by Gasteiger charge is 2.13. The van der Waals surface area contributed by atoms with E-state index in [9.17, 15) is 20.2 Å². The standard InChI is InChI=1S/C6H3Cl2NO2.C6H5NO2/c7-4-2-1-3-5(6(4)8)9(10)11;8-7(9)6-4-2-1-3-5-6/h1-3H;1-5H. The molecule has 0 N–H and O–H groups in total. The van der Waals surface area contributed by atoms with Crippen LogP contribution >= 0.6 is 23.2 Å². The van der Waals surface area contributed by atoms with Gasteiger partial charge < -0.3 is 0 Å². The topological polar surface area (TPSA) is 86.3 Å². The first-order valence-electron chi connectivity index (χ1n) is 5.21. The molecule has 0 spiro atoms. The third-order valence-corrected chi connectivity index (χ3v) is 2.90. The third kappa shape index (κ3) is 4.49. The van der Waals surface area contributed by atoms with E-state index in [4.69, 9.17) is 23.2 Å². The van der Waals surface area contributed by atoms with Gasteiger partial charge in [-0.25, -0.2) is 0 Å². The summed E-state index contributed by atoms with van der Waals surface area (Å²) in [5.74, 6) is 0. The second kappa shape index (κ2) is 7.42. The minimum absolute atomic E-state index is 0.0147. The Labute approximate surface area is 123 Å². The van der Waals surface area contributed by atoms with Crippen LogP contribution in [0.4, 0.5) is 11.4 Å². The molecule has 0 atom stereocenters. The van der Waals surface area contributed by atoms with Gasteiger partial charge >= 0.3 is 0 Å². The molecule has 0 saturated heterocycles. The van der Waals surface area contributed by atoms with Crippen molar-refractivity contribution in [3.63, 3.8) is 0 Å². The Morgan fingerprint density at radius 3 is 1.80 bits per heavy atom. The second-order valence-electron chi connectivity index (χ2n) is 3.42. The van der Waals surface area contributed by atoms with E-state index in [1.807, 2.05) is 0 Å². The first-order valence-corrected chi connectivity index (χ1v) is 5.97. The summed E-state index contributed by atoms with van der Waals surface area (Å²) in [6, 6.07) is 12.2. The maximum Gasteiger partial charge on any atom is 0.289 e. The number of non-ortho nitro benzene ring substituents is 1. The summed E-state index contributed by atoms with van der Waals surface area (Å²) in [6.45, 7) is 0. The van der Waals surface area contributed by atoms with Crippen LogP contribution in [0.2, 0.25) is 10.0 Å². The third-order valence-electron chi connectivity index (χ3n) is 2.09. The fourth-order valence-corrected chi connectivity index (χ4v) is 1.55. The second-order valence-corrected chi connectivity index (χ2v) is 4.21. The Balaban J connectivity index is 0.000000204. The van der Waals surface area contributed by atoms with Crippen molar-refractivity contribution in [2.75, 3.05) is 0 Å². The number of rotatable bonds is 2. The minimum atomic E-state index is -0.575. The van der Waals surface area contributed by atoms with Gasteiger partial charge in [-0.2, -0.15) is 0 Å². The maximum atomic E-state index is 10.2. The quantitative estimate of drug-likeness (QED) is 0.603. The molecule has 0 aliphatic rings. The van der Waals surface area contributed by atoms with Crippen LogP contribution in [0, 0.1) is 20.2 Å². The van der Waals surface area contributed by atoms with Gasteiger partial charge in [0.05, 0.1) is 14.9 Å². The van der Waals surface area contributed by atoms with Crippen LogP contribution in [-0.4, -0.2) is 9.85 Å². The first kappa shape index (κ1) is 15.9. The zero-order chi connectivity index (χ0) is 15.1. The maximum absolute atomic E-state index is 10.2. The molecule has 6 nitrogen and oxygen atoms in total. The average molecular weight is 315 g/mol. The molecule has 0 aromatic heterocycles. The summed E-state index contributed by atoms with van der Waals surface area (Å²) < 4.78 is 0. The van der Waals surface area contributed by atoms with Crippen LogP contribution in [0.25, 0.3) is 0 Å². The van der Waals surface area contributed by atoms with E-state index < -0.39 is 9.85 Å². The van der Waals surface area contributed by atoms with Crippen molar-refractivity contribution in [2.45, 2.75) is 0 Å². The SMILES string of the molecule is O=[N+]([O-])c1cccc(Cl)c1Cl.O=[N+]([O-])c1ccccc1. The predicted molar refractivity (Wildman–Crippen MR) is 76.2 cm³/mol. The molecule has 0 heterocycles. The highest BCUT2D eigenvalue weighted by Crippen LogP contribution is 2.30. The van der Waals surface area contributed by atoms with Crippen molar-refractivity contribution in [2.24, 2.45) is 0 Å². The lowest BCUT2D eigenvalue weighted by atomic mass is 10.3. The molecule has 8 heteroatoms. The number of nitro benzene ring substituents is 2. The summed E-state index contributed by atoms with van der Waals surface area (Å²) in [5, 5.41) is 20.4. The van der Waals surface area contributed by atoms with Crippen molar-refractivity contribution >= 4 is 34.6 Å². The Morgan fingerprint density at radius 2 is 1.40 bits per heavy atom. The minimum Gasteiger partial charge on any atom is -0.258 e. The summed E-state index contributed by atoms with van der Waals surface area (Å²) in [7, 11) is 0. The van der Waals surface area contributed by atoms with Gasteiger partial charge in [-0.1, -0.05) is 47.5 Å². The zero-order valence-electron chi connectivity index (χ0n) is 9.90. The van der Waals surface area contributed by atoms with Crippen molar-refractivity contribution in [1.29, 1.82) is 0 Å². The van der Waals surface area contributed by atoms with E-state index in [1.54, 1.807) is 18.2 Å². The molecule has 0 fully saturated rings. The van der Waals surface area contributed by atoms with E-state index in [2.05, 4.69) is 0 Å². The Hall–Kier alpha value is -2.18. The molecule has 0 saturated carbocycles. The number of benzene rings is 2. The normalized spacial score (nSPS) is 9.30. The number of hydrogen-bond acceptors (Lipinski definition) is 4. The molecular weight excluding hydrogens is 307 g/mol. The van der Waals surface area contributed by atoms with Crippen LogP contribution in [0.5, 0.6) is 0 Å². The first-order chi connectivity index (χ1) is 9.43. The molecule has 0 aliphatic heterocycles. The lowest BCUT2D eigenvalue weighted by Crippen LogP contribution is -1.88. The van der Waals surface area contributed by atoms with Gasteiger partial charge in [-0.05, 0) is 6.07 Å². The number of para-hydroxylation sites is 1. The van der Waals surface area contributed by atoms with Gasteiger partial charge in [-0.15, -0.1) is 0 Å². The van der Waals surface area contributed by atoms with Gasteiger partial charge in [-0.3, -0.25) is 20.2 Å². The Kier molecular flexibility index (Phi) is 5.89. The van der Waals surface area contributed by atoms with Crippen LogP contribution in [0.15, 0.2) is 48.5 Å². The fourth-order valence-electron chi connectivity index (χ4n) is 1.18. The lowest BCUT2D eigenvalue weighted by Gasteiger charge is -1.94. The monoisotopic (exact) mass is 314 g/mol. The summed E-state index contributed by atoms with van der Waals surface area (Å²) >= 11 is 11.0. The zero-order valence-corrected chi connectivity index (χ0v) is 11.4. The number of halogens is 2. The molecule has 2 rings (SSSR count). The van der Waals surface area contributed by atoms with E-state index in [1.165, 1.54) is 30.3 Å². The molecule has 104 valence electrons. The summed E-state index contributed by atoms with van der Waals surface area (Å²) in [6.07, 6.45) is 0. The molecule has 0 radical (unpaired) electrons. The number of nitrogens with zero attached hydrogens (tertiary/aromatic N) is 2. The molecule has 2 aromatic carbocycles. The predicted octanol–water partition coefficient (Wildman–Crippen LogP) is 4.50. The van der Waals surface area contributed by atoms with E-state index in [-0.39, 0.29) is 21.4 Å². The van der Waals surface area contributed by atoms with Crippen molar-refractivity contribution in [3.05, 3.63) is 78.8 Å². The van der Waals surface area contributed by atoms with Crippen LogP contribution in [-0.2, 0) is 0 Å². The van der Waals surface area contributed by atoms with Gasteiger partial charge in [0.25, 0.3) is 11.4 Å². The van der Waals surface area contributed by atoms with Crippen LogP contribution in [0.1, 0.15) is 0 Å². The summed E-state index contributed by atoms with van der Waals surface area (Å²) in [4.78, 5) is 19.3. The van der Waals surface area contributed by atoms with E-state index in [0.717, 1.165) is 0 Å². The van der Waals surface area contributed by atoms with Gasteiger partial charge in [0.15, 0.2) is 0 Å². The van der Waals surface area contributed by atoms with E-state index >= 15 is 0 Å². The molecule has 20 heavy (non-hydrogen) atoms. The molecular formula is C12H8Cl2N2O4. The van der Waals surface area contributed by atoms with Crippen LogP contribution in [0.3, 0.4) is 0 Å².